The molecule has 6 nitrogen and oxygen atoms in total. The van der Waals surface area contributed by atoms with E-state index in [0.29, 0.717) is 6.42 Å². The van der Waals surface area contributed by atoms with Gasteiger partial charge in [-0.15, -0.1) is 11.6 Å². The van der Waals surface area contributed by atoms with Crippen LogP contribution < -0.4 is 20.6 Å². The number of rotatable bonds is 10. The molecule has 3 rings (SSSR count). The van der Waals surface area contributed by atoms with E-state index in [1.54, 1.807) is 5.48 Å². The minimum Gasteiger partial charge on any atom is -0.391 e. The van der Waals surface area contributed by atoms with E-state index in [4.69, 9.17) is 16.8 Å². The summed E-state index contributed by atoms with van der Waals surface area (Å²) in [5.41, 5.74) is 5.54. The lowest BCUT2D eigenvalue weighted by molar-refractivity contribution is -0.129. The summed E-state index contributed by atoms with van der Waals surface area (Å²) in [6.07, 6.45) is 16.7. The Kier molecular flexibility index (Phi) is 13.6. The maximum atomic E-state index is 10.9. The molecule has 1 heterocycles. The number of anilines is 2. The van der Waals surface area contributed by atoms with Gasteiger partial charge in [-0.1, -0.05) is 31.1 Å². The zero-order chi connectivity index (χ0) is 24.6. The summed E-state index contributed by atoms with van der Waals surface area (Å²) in [6.45, 7) is 3.39. The normalized spacial score (nSPS) is 17.7. The molecule has 0 spiro atoms. The van der Waals surface area contributed by atoms with Crippen LogP contribution in [0.15, 0.2) is 48.2 Å². The Hall–Kier alpha value is -2.18. The number of hydrogen-bond donors (Lipinski definition) is 3. The van der Waals surface area contributed by atoms with Crippen molar-refractivity contribution in [2.45, 2.75) is 69.6 Å². The molecule has 1 aromatic rings. The van der Waals surface area contributed by atoms with Crippen LogP contribution in [0, 0.1) is 0 Å². The second kappa shape index (κ2) is 16.4. The quantitative estimate of drug-likeness (QED) is 0.131. The summed E-state index contributed by atoms with van der Waals surface area (Å²) in [5.74, 6) is -0.291. The molecule has 7 heteroatoms. The summed E-state index contributed by atoms with van der Waals surface area (Å²) >= 11 is 5.88. The summed E-state index contributed by atoms with van der Waals surface area (Å²) in [5, 5.41) is 11.7. The number of benzene rings is 1. The third-order valence-corrected chi connectivity index (χ3v) is 6.70. The lowest BCUT2D eigenvalue weighted by atomic mass is 10.1. The number of hydroxylamine groups is 1. The fourth-order valence-electron chi connectivity index (χ4n) is 4.21. The van der Waals surface area contributed by atoms with Gasteiger partial charge in [0.1, 0.15) is 0 Å². The van der Waals surface area contributed by atoms with Gasteiger partial charge in [-0.05, 0) is 62.8 Å². The Labute approximate surface area is 211 Å². The molecule has 1 aliphatic carbocycles. The molecule has 0 bridgehead atoms. The van der Waals surface area contributed by atoms with E-state index in [1.165, 1.54) is 49.4 Å². The number of alkyl halides is 1. The number of unbranched alkanes of at least 4 members (excludes halogenated alkanes) is 3. The zero-order valence-corrected chi connectivity index (χ0v) is 21.7. The summed E-state index contributed by atoms with van der Waals surface area (Å²) in [4.78, 5) is 15.7. The number of halogens is 1. The molecule has 1 unspecified atom stereocenters. The molecule has 2 aliphatic rings. The minimum absolute atomic E-state index is 0.186. The Morgan fingerprint density at radius 1 is 1.12 bits per heavy atom. The van der Waals surface area contributed by atoms with Crippen molar-refractivity contribution in [1.82, 2.24) is 10.8 Å². The number of hydrogen-bond acceptors (Lipinski definition) is 5. The molecule has 1 fully saturated rings. The number of nitrogens with one attached hydrogen (secondary N) is 2. The molecule has 1 aliphatic heterocycles. The maximum absolute atomic E-state index is 10.9. The van der Waals surface area contributed by atoms with E-state index in [1.807, 2.05) is 13.1 Å². The largest absolute Gasteiger partial charge is 0.391 e. The fourth-order valence-corrected chi connectivity index (χ4v) is 4.40. The molecule has 1 atom stereocenters. The Balaban J connectivity index is 0.000000340. The number of carbonyl (C=O) groups excluding carboxylic acids is 1. The van der Waals surface area contributed by atoms with Crippen LogP contribution in [-0.2, 0) is 4.79 Å². The van der Waals surface area contributed by atoms with E-state index in [-0.39, 0.29) is 11.3 Å². The van der Waals surface area contributed by atoms with Crippen molar-refractivity contribution < 1.29 is 10.0 Å². The Bertz CT molecular complexity index is 760. The van der Waals surface area contributed by atoms with Crippen LogP contribution in [0.5, 0.6) is 0 Å². The van der Waals surface area contributed by atoms with Crippen molar-refractivity contribution in [2.75, 3.05) is 43.5 Å². The van der Waals surface area contributed by atoms with E-state index in [0.717, 1.165) is 45.1 Å². The van der Waals surface area contributed by atoms with Crippen LogP contribution in [-0.4, -0.2) is 50.2 Å². The van der Waals surface area contributed by atoms with Crippen LogP contribution in [0.25, 0.3) is 0 Å². The third kappa shape index (κ3) is 10.8. The van der Waals surface area contributed by atoms with E-state index in [2.05, 4.69) is 58.6 Å². The molecule has 190 valence electrons. The smallest absolute Gasteiger partial charge is 0.243 e. The highest BCUT2D eigenvalue weighted by Crippen LogP contribution is 2.23. The average Bonchev–Trinajstić information content (AvgIpc) is 3.10. The standard InChI is InChI=1S/C19H31N3O2.C8H12ClN/c1-21(14-6-3-2-5-9-19(23)20-24)17-10-12-18(13-11-17)22-15-7-4-8-16-22;1-10-8-4-2-3-7(9)5-6-8/h10-13,24H,2-9,14-16H2,1H3,(H,20,23);2-3,6-7,10H,4-5H2,1H3. The molecule has 0 aromatic heterocycles. The van der Waals surface area contributed by atoms with Gasteiger partial charge in [-0.3, -0.25) is 10.0 Å². The van der Waals surface area contributed by atoms with Gasteiger partial charge in [-0.2, -0.15) is 0 Å². The molecule has 3 N–H and O–H groups in total. The van der Waals surface area contributed by atoms with Crippen LogP contribution >= 0.6 is 11.6 Å². The number of carbonyl (C=O) groups is 1. The predicted octanol–water partition coefficient (Wildman–Crippen LogP) is 5.62. The second-order valence-corrected chi connectivity index (χ2v) is 9.61. The molecule has 0 radical (unpaired) electrons. The van der Waals surface area contributed by atoms with Crippen molar-refractivity contribution in [3.63, 3.8) is 0 Å². The number of amides is 1. The van der Waals surface area contributed by atoms with Gasteiger partial charge >= 0.3 is 0 Å². The fraction of sp³-hybridized carbons (Fsp3) is 0.593. The lowest BCUT2D eigenvalue weighted by Gasteiger charge is -2.29. The van der Waals surface area contributed by atoms with Gasteiger partial charge in [0.2, 0.25) is 5.91 Å². The summed E-state index contributed by atoms with van der Waals surface area (Å²) in [7, 11) is 4.07. The van der Waals surface area contributed by atoms with E-state index in [9.17, 15) is 4.79 Å². The number of piperidine rings is 1. The lowest BCUT2D eigenvalue weighted by Crippen LogP contribution is -2.29. The highest BCUT2D eigenvalue weighted by atomic mass is 35.5. The van der Waals surface area contributed by atoms with Gasteiger partial charge in [0.25, 0.3) is 0 Å². The molecule has 34 heavy (non-hydrogen) atoms. The summed E-state index contributed by atoms with van der Waals surface area (Å²) in [6, 6.07) is 8.92. The molecular weight excluding hydrogens is 448 g/mol. The molecular formula is C27H43ClN4O2. The average molecular weight is 491 g/mol. The first kappa shape index (κ1) is 28.1. The minimum atomic E-state index is -0.291. The van der Waals surface area contributed by atoms with Crippen LogP contribution in [0.1, 0.15) is 64.2 Å². The molecule has 1 amide bonds. The van der Waals surface area contributed by atoms with Crippen molar-refractivity contribution in [3.05, 3.63) is 48.2 Å². The number of nitrogens with zero attached hydrogens (tertiary/aromatic N) is 2. The van der Waals surface area contributed by atoms with Crippen molar-refractivity contribution in [2.24, 2.45) is 0 Å². The SMILES string of the molecule is CN(CCCCCCC(=O)NO)c1ccc(N2CCCCC2)cc1.CNC1=CCC(Cl)C=CC1. The highest BCUT2D eigenvalue weighted by Gasteiger charge is 2.11. The van der Waals surface area contributed by atoms with E-state index >= 15 is 0 Å². The van der Waals surface area contributed by atoms with Gasteiger partial charge in [0, 0.05) is 63.6 Å². The van der Waals surface area contributed by atoms with Gasteiger partial charge in [0.05, 0.1) is 5.38 Å². The first-order valence-electron chi connectivity index (χ1n) is 12.7. The second-order valence-electron chi connectivity index (χ2n) is 9.05. The van der Waals surface area contributed by atoms with Crippen molar-refractivity contribution >= 4 is 28.9 Å². The molecule has 1 aromatic carbocycles. The van der Waals surface area contributed by atoms with Crippen molar-refractivity contribution in [1.29, 1.82) is 0 Å². The van der Waals surface area contributed by atoms with Crippen molar-refractivity contribution in [3.8, 4) is 0 Å². The third-order valence-electron chi connectivity index (χ3n) is 6.38. The number of allylic oxidation sites excluding steroid dienone is 3. The van der Waals surface area contributed by atoms with Crippen LogP contribution in [0.4, 0.5) is 11.4 Å². The molecule has 1 saturated heterocycles. The zero-order valence-electron chi connectivity index (χ0n) is 20.9. The van der Waals surface area contributed by atoms with Gasteiger partial charge in [-0.25, -0.2) is 5.48 Å². The monoisotopic (exact) mass is 490 g/mol. The Morgan fingerprint density at radius 3 is 2.50 bits per heavy atom. The van der Waals surface area contributed by atoms with Crippen LogP contribution in [0.2, 0.25) is 0 Å². The Morgan fingerprint density at radius 2 is 1.82 bits per heavy atom. The van der Waals surface area contributed by atoms with Gasteiger partial charge in [0.15, 0.2) is 0 Å². The van der Waals surface area contributed by atoms with Gasteiger partial charge < -0.3 is 15.1 Å². The van der Waals surface area contributed by atoms with E-state index < -0.39 is 0 Å². The highest BCUT2D eigenvalue weighted by molar-refractivity contribution is 6.21. The maximum Gasteiger partial charge on any atom is 0.243 e. The topological polar surface area (TPSA) is 67.8 Å². The first-order valence-corrected chi connectivity index (χ1v) is 13.1. The molecule has 0 saturated carbocycles. The predicted molar refractivity (Wildman–Crippen MR) is 144 cm³/mol. The van der Waals surface area contributed by atoms with Crippen LogP contribution in [0.3, 0.4) is 0 Å². The summed E-state index contributed by atoms with van der Waals surface area (Å²) < 4.78 is 0. The first-order chi connectivity index (χ1) is 16.5.